The number of nitriles is 1. The van der Waals surface area contributed by atoms with Crippen molar-refractivity contribution in [3.8, 4) is 29.1 Å². The smallest absolute Gasteiger partial charge is 0.870 e. The average molecular weight is 804 g/mol. The number of hydrogen-bond donors (Lipinski definition) is 7. The summed E-state index contributed by atoms with van der Waals surface area (Å²) in [7, 11) is 4.57. The third-order valence-electron chi connectivity index (χ3n) is 10.0. The number of carbonyl (C=O) groups excluding carboxylic acids is 2. The van der Waals surface area contributed by atoms with Crippen molar-refractivity contribution in [2.75, 3.05) is 17.7 Å². The van der Waals surface area contributed by atoms with Gasteiger partial charge in [-0.1, -0.05) is 33.1 Å². The molecule has 4 aliphatic rings. The van der Waals surface area contributed by atoms with E-state index in [0.29, 0.717) is 44.8 Å². The summed E-state index contributed by atoms with van der Waals surface area (Å²) < 4.78 is 33.2. The van der Waals surface area contributed by atoms with E-state index in [1.165, 1.54) is 0 Å². The van der Waals surface area contributed by atoms with Crippen LogP contribution in [0.15, 0.2) is 24.8 Å². The summed E-state index contributed by atoms with van der Waals surface area (Å²) in [6.45, 7) is 3.84. The van der Waals surface area contributed by atoms with Gasteiger partial charge in [0.2, 0.25) is 0 Å². The molecule has 304 valence electrons. The number of aryl methyl sites for hydroxylation is 2. The molecule has 0 radical (unpaired) electrons. The Balaban J connectivity index is 0.000000345. The number of rotatable bonds is 6. The number of nitrogens with two attached hydrogens (primary N) is 2. The van der Waals surface area contributed by atoms with Crippen LogP contribution in [0.3, 0.4) is 0 Å². The first-order valence-electron chi connectivity index (χ1n) is 17.8. The standard InChI is InChI=1S/2C17H21FN6O.CHN.CH4O.CH4.Na.H2O/c2*1-24-8-9(6-21-24)15-13-10(7-20-17(13)25)14(18)16(23-15)22-12-5-3-2-4-11(12)19;2*1-2;;;/h2*6,8,11-12H,2-5,7,19H2,1H3,(H,20,25)(H,22,23);1H;2H,1H3;1H4;;1H2/q;;;;;+1;/p-1/t2*11-,12+;;;;;/m00...../s1. The zero-order chi connectivity index (χ0) is 39.1. The van der Waals surface area contributed by atoms with Crippen LogP contribution < -0.4 is 62.3 Å². The molecule has 0 bridgehead atoms. The minimum atomic E-state index is -0.473. The van der Waals surface area contributed by atoms with Crippen molar-refractivity contribution >= 4 is 23.5 Å². The van der Waals surface area contributed by atoms with Crippen molar-refractivity contribution in [2.24, 2.45) is 25.6 Å². The van der Waals surface area contributed by atoms with E-state index in [-0.39, 0.29) is 103 Å². The largest absolute Gasteiger partial charge is 1.00 e. The number of aliphatic hydroxyl groups is 1. The fraction of sp³-hybridized carbons (Fsp3) is 0.486. The summed E-state index contributed by atoms with van der Waals surface area (Å²) in [5.41, 5.74) is 15.9. The van der Waals surface area contributed by atoms with Gasteiger partial charge in [0.1, 0.15) is 0 Å². The third kappa shape index (κ3) is 10.5. The number of amides is 2. The maximum Gasteiger partial charge on any atom is 1.00 e. The SMILES string of the molecule is C.C#N.CO.Cn1cc(-c2nc(N[C@@H]3CCCC[C@@H]3N)c(F)c3c2C(=O)NC3)cn1.Cn1cc(-c2nc(N[C@@H]3CCCC[C@@H]3N)c(F)c3c2C(=O)NC3)cn1.[Na+].[OH-]. The molecule has 0 unspecified atom stereocenters. The summed E-state index contributed by atoms with van der Waals surface area (Å²) in [4.78, 5) is 33.3. The Kier molecular flexibility index (Phi) is 18.6. The van der Waals surface area contributed by atoms with Gasteiger partial charge in [-0.25, -0.2) is 24.0 Å². The van der Waals surface area contributed by atoms with Crippen LogP contribution in [0.5, 0.6) is 0 Å². The normalized spacial score (nSPS) is 20.0. The number of fused-ring (bicyclic) bond motifs is 2. The fourth-order valence-corrected chi connectivity index (χ4v) is 7.28. The second-order valence-electron chi connectivity index (χ2n) is 13.5. The third-order valence-corrected chi connectivity index (χ3v) is 10.0. The molecule has 0 spiro atoms. The van der Waals surface area contributed by atoms with E-state index < -0.39 is 11.6 Å². The van der Waals surface area contributed by atoms with E-state index in [1.54, 1.807) is 48.2 Å². The molecule has 4 aromatic heterocycles. The second-order valence-corrected chi connectivity index (χ2v) is 13.5. The van der Waals surface area contributed by atoms with Crippen molar-refractivity contribution in [1.82, 2.24) is 40.2 Å². The number of nitrogens with one attached hydrogen (secondary N) is 4. The molecule has 17 nitrogen and oxygen atoms in total. The van der Waals surface area contributed by atoms with Gasteiger partial charge in [0.05, 0.1) is 34.9 Å². The van der Waals surface area contributed by atoms with Crippen LogP contribution in [0.4, 0.5) is 20.4 Å². The van der Waals surface area contributed by atoms with Gasteiger partial charge in [-0.3, -0.25) is 19.0 Å². The molecule has 20 heteroatoms. The Bertz CT molecular complexity index is 1870. The fourth-order valence-electron chi connectivity index (χ4n) is 7.28. The van der Waals surface area contributed by atoms with Crippen molar-refractivity contribution in [1.29, 1.82) is 5.26 Å². The molecule has 10 N–H and O–H groups in total. The average Bonchev–Trinajstić information content (AvgIpc) is 3.99. The first-order chi connectivity index (χ1) is 26.1. The van der Waals surface area contributed by atoms with Gasteiger partial charge in [-0.15, -0.1) is 0 Å². The molecule has 0 saturated heterocycles. The number of halogens is 2. The number of carbonyl (C=O) groups is 2. The van der Waals surface area contributed by atoms with Crippen LogP contribution in [-0.2, 0) is 27.2 Å². The molecule has 8 rings (SSSR count). The Morgan fingerprint density at radius 3 is 1.42 bits per heavy atom. The van der Waals surface area contributed by atoms with Gasteiger partial charge < -0.3 is 43.3 Å². The minimum Gasteiger partial charge on any atom is -0.870 e. The molecule has 0 aromatic carbocycles. The van der Waals surface area contributed by atoms with E-state index in [9.17, 15) is 18.4 Å². The number of nitrogens with zero attached hydrogens (tertiary/aromatic N) is 7. The first kappa shape index (κ1) is 48.6. The van der Waals surface area contributed by atoms with Crippen LogP contribution in [0.1, 0.15) is 90.6 Å². The van der Waals surface area contributed by atoms with E-state index in [1.807, 2.05) is 0 Å². The van der Waals surface area contributed by atoms with Crippen molar-refractivity contribution in [2.45, 2.75) is 96.1 Å². The molecular weight excluding hydrogens is 751 g/mol. The van der Waals surface area contributed by atoms with Crippen molar-refractivity contribution < 1.29 is 58.5 Å². The van der Waals surface area contributed by atoms with Gasteiger partial charge >= 0.3 is 29.6 Å². The van der Waals surface area contributed by atoms with Gasteiger partial charge in [-0.2, -0.15) is 10.2 Å². The van der Waals surface area contributed by atoms with Gasteiger partial charge in [-0.05, 0) is 25.7 Å². The van der Waals surface area contributed by atoms with E-state index in [0.717, 1.165) is 58.5 Å². The predicted octanol–water partition coefficient (Wildman–Crippen LogP) is 0.304. The van der Waals surface area contributed by atoms with E-state index >= 15 is 0 Å². The Morgan fingerprint density at radius 2 is 1.11 bits per heavy atom. The summed E-state index contributed by atoms with van der Waals surface area (Å²) >= 11 is 0. The maximum atomic E-state index is 15.0. The second kappa shape index (κ2) is 21.8. The van der Waals surface area contributed by atoms with Crippen LogP contribution in [0.2, 0.25) is 0 Å². The summed E-state index contributed by atoms with van der Waals surface area (Å²) in [5, 5.41) is 33.5. The topological polar surface area (TPSA) is 270 Å². The van der Waals surface area contributed by atoms with Gasteiger partial charge in [0.15, 0.2) is 23.3 Å². The van der Waals surface area contributed by atoms with E-state index in [4.69, 9.17) is 21.8 Å². The molecule has 2 aliphatic carbocycles. The number of anilines is 2. The summed E-state index contributed by atoms with van der Waals surface area (Å²) in [5.74, 6) is -1.23. The summed E-state index contributed by atoms with van der Waals surface area (Å²) in [6.07, 6.45) is 14.7. The van der Waals surface area contributed by atoms with Crippen molar-refractivity contribution in [3.05, 3.63) is 58.7 Å². The first-order valence-corrected chi connectivity index (χ1v) is 17.8. The number of pyridine rings is 2. The molecule has 4 atom stereocenters. The molecule has 4 aromatic rings. The Hall–Kier alpha value is -4.55. The Morgan fingerprint density at radius 1 is 0.754 bits per heavy atom. The molecule has 6 heterocycles. The zero-order valence-corrected chi connectivity index (χ0v) is 34.0. The molecule has 2 amide bonds. The van der Waals surface area contributed by atoms with Crippen molar-refractivity contribution in [3.63, 3.8) is 0 Å². The van der Waals surface area contributed by atoms with Crippen LogP contribution in [0, 0.1) is 23.5 Å². The predicted molar refractivity (Wildman–Crippen MR) is 206 cm³/mol. The van der Waals surface area contributed by atoms with Gasteiger partial charge in [0.25, 0.3) is 11.8 Å². The van der Waals surface area contributed by atoms with Crippen LogP contribution in [-0.4, -0.2) is 83.2 Å². The molecular formula is C37H52F2N13NaO4. The van der Waals surface area contributed by atoms with Crippen LogP contribution >= 0.6 is 0 Å². The molecule has 2 aliphatic heterocycles. The van der Waals surface area contributed by atoms with E-state index in [2.05, 4.69) is 48.0 Å². The number of aliphatic hydroxyl groups excluding tert-OH is 1. The summed E-state index contributed by atoms with van der Waals surface area (Å²) in [6, 6.07) is -0.0733. The maximum absolute atomic E-state index is 15.0. The van der Waals surface area contributed by atoms with Gasteiger partial charge in [0, 0.05) is 99.7 Å². The minimum absolute atomic E-state index is 0. The van der Waals surface area contributed by atoms with Crippen LogP contribution in [0.25, 0.3) is 22.5 Å². The quantitative estimate of drug-likeness (QED) is 0.130. The zero-order valence-electron chi connectivity index (χ0n) is 32.0. The molecule has 57 heavy (non-hydrogen) atoms. The molecule has 2 fully saturated rings. The number of hydrogen-bond acceptors (Lipinski definition) is 13. The molecule has 2 saturated carbocycles. The Labute approximate surface area is 353 Å². The number of aromatic nitrogens is 6. The monoisotopic (exact) mass is 803 g/mol.